The highest BCUT2D eigenvalue weighted by Crippen LogP contribution is 2.16. The van der Waals surface area contributed by atoms with Gasteiger partial charge < -0.3 is 15.0 Å². The highest BCUT2D eigenvalue weighted by molar-refractivity contribution is 5.94. The molecule has 0 saturated heterocycles. The minimum Gasteiger partial charge on any atom is -0.491 e. The molecule has 0 spiro atoms. The molecule has 0 fully saturated rings. The molecule has 0 heterocycles. The third-order valence-electron chi connectivity index (χ3n) is 2.64. The molecule has 0 aliphatic carbocycles. The van der Waals surface area contributed by atoms with Crippen LogP contribution in [-0.4, -0.2) is 35.9 Å². The smallest absolute Gasteiger partial charge is 0.244 e. The first-order valence-corrected chi connectivity index (χ1v) is 6.85. The van der Waals surface area contributed by atoms with Gasteiger partial charge in [0.1, 0.15) is 12.3 Å². The predicted octanol–water partition coefficient (Wildman–Crippen LogP) is 2.45. The van der Waals surface area contributed by atoms with Crippen molar-refractivity contribution in [1.29, 1.82) is 0 Å². The number of carbonyl (C=O) groups excluding carboxylic acids is 2. The highest BCUT2D eigenvalue weighted by Gasteiger charge is 2.12. The number of anilines is 1. The molecule has 2 amide bonds. The molecule has 21 heavy (non-hydrogen) atoms. The number of hydrogen-bond donors (Lipinski definition) is 1. The number of amides is 2. The fourth-order valence-corrected chi connectivity index (χ4v) is 1.72. The summed E-state index contributed by atoms with van der Waals surface area (Å²) in [4.78, 5) is 24.7. The van der Waals surface area contributed by atoms with Crippen molar-refractivity contribution in [2.24, 2.45) is 0 Å². The number of hydrogen-bond acceptors (Lipinski definition) is 3. The number of rotatable bonds is 7. The summed E-state index contributed by atoms with van der Waals surface area (Å²) in [6, 6.07) is 7.12. The van der Waals surface area contributed by atoms with Crippen LogP contribution in [0.5, 0.6) is 5.75 Å². The van der Waals surface area contributed by atoms with Gasteiger partial charge in [-0.05, 0) is 38.1 Å². The Morgan fingerprint density at radius 2 is 1.95 bits per heavy atom. The maximum atomic E-state index is 11.9. The number of nitrogens with one attached hydrogen (secondary N) is 1. The van der Waals surface area contributed by atoms with Crippen LogP contribution in [-0.2, 0) is 9.59 Å². The quantitative estimate of drug-likeness (QED) is 0.785. The zero-order valence-electron chi connectivity index (χ0n) is 12.8. The first-order chi connectivity index (χ1) is 9.92. The topological polar surface area (TPSA) is 58.6 Å². The zero-order valence-corrected chi connectivity index (χ0v) is 12.8. The van der Waals surface area contributed by atoms with E-state index in [2.05, 4.69) is 11.9 Å². The van der Waals surface area contributed by atoms with Gasteiger partial charge in [0.25, 0.3) is 0 Å². The molecule has 0 atom stereocenters. The Balaban J connectivity index is 2.57. The van der Waals surface area contributed by atoms with E-state index in [0.717, 1.165) is 5.75 Å². The summed E-state index contributed by atoms with van der Waals surface area (Å²) in [5.41, 5.74) is 0.665. The minimum atomic E-state index is -0.246. The molecular weight excluding hydrogens is 268 g/mol. The largest absolute Gasteiger partial charge is 0.491 e. The second-order valence-corrected chi connectivity index (χ2v) is 4.93. The van der Waals surface area contributed by atoms with Gasteiger partial charge in [0.2, 0.25) is 11.8 Å². The van der Waals surface area contributed by atoms with Crippen molar-refractivity contribution in [3.8, 4) is 5.75 Å². The van der Waals surface area contributed by atoms with Gasteiger partial charge in [0.15, 0.2) is 0 Å². The lowest BCUT2D eigenvalue weighted by molar-refractivity contribution is -0.132. The number of benzene rings is 1. The van der Waals surface area contributed by atoms with Crippen LogP contribution in [0.25, 0.3) is 0 Å². The highest BCUT2D eigenvalue weighted by atomic mass is 16.5. The molecule has 0 bridgehead atoms. The van der Waals surface area contributed by atoms with Crippen LogP contribution in [0.3, 0.4) is 0 Å². The summed E-state index contributed by atoms with van der Waals surface area (Å²) in [5.74, 6) is 0.343. The normalized spacial score (nSPS) is 10.1. The second kappa shape index (κ2) is 8.09. The molecule has 0 aliphatic heterocycles. The lowest BCUT2D eigenvalue weighted by atomic mass is 10.3. The fourth-order valence-electron chi connectivity index (χ4n) is 1.72. The van der Waals surface area contributed by atoms with Crippen molar-refractivity contribution < 1.29 is 14.3 Å². The molecule has 0 aliphatic rings. The van der Waals surface area contributed by atoms with Gasteiger partial charge in [-0.1, -0.05) is 6.08 Å². The van der Waals surface area contributed by atoms with Crippen molar-refractivity contribution in [2.75, 3.05) is 18.4 Å². The van der Waals surface area contributed by atoms with E-state index in [-0.39, 0.29) is 24.5 Å². The van der Waals surface area contributed by atoms with Crippen molar-refractivity contribution >= 4 is 17.5 Å². The zero-order chi connectivity index (χ0) is 15.8. The summed E-state index contributed by atoms with van der Waals surface area (Å²) in [7, 11) is 0. The fraction of sp³-hybridized carbons (Fsp3) is 0.375. The molecule has 1 rings (SSSR count). The molecule has 5 nitrogen and oxygen atoms in total. The Kier molecular flexibility index (Phi) is 6.46. The van der Waals surface area contributed by atoms with Crippen LogP contribution in [0.1, 0.15) is 20.8 Å². The van der Waals surface area contributed by atoms with E-state index in [1.54, 1.807) is 30.3 Å². The van der Waals surface area contributed by atoms with Gasteiger partial charge in [0.05, 0.1) is 6.10 Å². The van der Waals surface area contributed by atoms with Gasteiger partial charge in [-0.15, -0.1) is 6.58 Å². The van der Waals surface area contributed by atoms with Gasteiger partial charge in [-0.3, -0.25) is 9.59 Å². The Morgan fingerprint density at radius 1 is 1.33 bits per heavy atom. The maximum Gasteiger partial charge on any atom is 0.244 e. The SMILES string of the molecule is C=CCN(CC(=O)Nc1ccc(OC(C)C)cc1)C(C)=O. The predicted molar refractivity (Wildman–Crippen MR) is 83.3 cm³/mol. The molecular formula is C16H22N2O3. The Bertz CT molecular complexity index is 495. The summed E-state index contributed by atoms with van der Waals surface area (Å²) in [6.45, 7) is 9.25. The summed E-state index contributed by atoms with van der Waals surface area (Å²) < 4.78 is 5.53. The molecule has 1 N–H and O–H groups in total. The third-order valence-corrected chi connectivity index (χ3v) is 2.64. The maximum absolute atomic E-state index is 11.9. The molecule has 0 saturated carbocycles. The first kappa shape index (κ1) is 16.8. The van der Waals surface area contributed by atoms with Crippen LogP contribution >= 0.6 is 0 Å². The standard InChI is InChI=1S/C16H22N2O3/c1-5-10-18(13(4)19)11-16(20)17-14-6-8-15(9-7-14)21-12(2)3/h5-9,12H,1,10-11H2,2-4H3,(H,17,20). The van der Waals surface area contributed by atoms with E-state index in [9.17, 15) is 9.59 Å². The Labute approximate surface area is 125 Å². The average molecular weight is 290 g/mol. The Hall–Kier alpha value is -2.30. The third kappa shape index (κ3) is 6.12. The van der Waals surface area contributed by atoms with Crippen molar-refractivity contribution in [1.82, 2.24) is 4.90 Å². The molecule has 0 radical (unpaired) electrons. The van der Waals surface area contributed by atoms with Gasteiger partial charge in [-0.2, -0.15) is 0 Å². The minimum absolute atomic E-state index is 0.00555. The molecule has 1 aromatic carbocycles. The van der Waals surface area contributed by atoms with Gasteiger partial charge in [0, 0.05) is 19.2 Å². The van der Waals surface area contributed by atoms with E-state index in [1.807, 2.05) is 13.8 Å². The van der Waals surface area contributed by atoms with Gasteiger partial charge >= 0.3 is 0 Å². The number of ether oxygens (including phenoxy) is 1. The number of carbonyl (C=O) groups is 2. The summed E-state index contributed by atoms with van der Waals surface area (Å²) in [6.07, 6.45) is 1.70. The van der Waals surface area contributed by atoms with E-state index in [0.29, 0.717) is 12.2 Å². The Morgan fingerprint density at radius 3 is 2.43 bits per heavy atom. The molecule has 0 aromatic heterocycles. The lowest BCUT2D eigenvalue weighted by Crippen LogP contribution is -2.36. The van der Waals surface area contributed by atoms with Crippen molar-refractivity contribution in [3.05, 3.63) is 36.9 Å². The van der Waals surface area contributed by atoms with Crippen LogP contribution in [0, 0.1) is 0 Å². The first-order valence-electron chi connectivity index (χ1n) is 6.85. The summed E-state index contributed by atoms with van der Waals surface area (Å²) >= 11 is 0. The van der Waals surface area contributed by atoms with Crippen LogP contribution in [0.4, 0.5) is 5.69 Å². The molecule has 1 aromatic rings. The summed E-state index contributed by atoms with van der Waals surface area (Å²) in [5, 5.41) is 2.74. The monoisotopic (exact) mass is 290 g/mol. The lowest BCUT2D eigenvalue weighted by Gasteiger charge is -2.18. The molecule has 5 heteroatoms. The van der Waals surface area contributed by atoms with E-state index in [4.69, 9.17) is 4.74 Å². The van der Waals surface area contributed by atoms with E-state index in [1.165, 1.54) is 11.8 Å². The van der Waals surface area contributed by atoms with Crippen LogP contribution < -0.4 is 10.1 Å². The van der Waals surface area contributed by atoms with E-state index < -0.39 is 0 Å². The van der Waals surface area contributed by atoms with Crippen LogP contribution in [0.2, 0.25) is 0 Å². The molecule has 0 unspecified atom stereocenters. The van der Waals surface area contributed by atoms with Gasteiger partial charge in [-0.25, -0.2) is 0 Å². The van der Waals surface area contributed by atoms with Crippen molar-refractivity contribution in [3.63, 3.8) is 0 Å². The van der Waals surface area contributed by atoms with E-state index >= 15 is 0 Å². The van der Waals surface area contributed by atoms with Crippen molar-refractivity contribution in [2.45, 2.75) is 26.9 Å². The van der Waals surface area contributed by atoms with Crippen LogP contribution in [0.15, 0.2) is 36.9 Å². The second-order valence-electron chi connectivity index (χ2n) is 4.93. The average Bonchev–Trinajstić information content (AvgIpc) is 2.40. The molecule has 114 valence electrons. The number of nitrogens with zero attached hydrogens (tertiary/aromatic N) is 1.